The molecule has 2 nitrogen and oxygen atoms in total. The Hall–Kier alpha value is -1.02. The lowest BCUT2D eigenvalue weighted by Gasteiger charge is -2.13. The summed E-state index contributed by atoms with van der Waals surface area (Å²) in [5, 5.41) is 3.39. The summed E-state index contributed by atoms with van der Waals surface area (Å²) in [6.45, 7) is 7.28. The topological polar surface area (TPSA) is 21.3 Å². The molecule has 0 heterocycles. The van der Waals surface area contributed by atoms with Crippen LogP contribution in [0.1, 0.15) is 20.3 Å². The van der Waals surface area contributed by atoms with Gasteiger partial charge in [0.25, 0.3) is 0 Å². The maximum absolute atomic E-state index is 5.66. The number of hydrogen-bond acceptors (Lipinski definition) is 2. The second kappa shape index (κ2) is 7.30. The van der Waals surface area contributed by atoms with E-state index in [-0.39, 0.29) is 0 Å². The van der Waals surface area contributed by atoms with Crippen molar-refractivity contribution in [2.24, 2.45) is 5.92 Å². The van der Waals surface area contributed by atoms with Gasteiger partial charge < -0.3 is 10.1 Å². The van der Waals surface area contributed by atoms with Crippen molar-refractivity contribution >= 4 is 0 Å². The monoisotopic (exact) mass is 207 g/mol. The molecule has 0 fully saturated rings. The van der Waals surface area contributed by atoms with Gasteiger partial charge in [-0.25, -0.2) is 0 Å². The van der Waals surface area contributed by atoms with Gasteiger partial charge in [0.15, 0.2) is 0 Å². The molecule has 0 saturated heterocycles. The van der Waals surface area contributed by atoms with E-state index in [0.29, 0.717) is 5.92 Å². The molecule has 0 saturated carbocycles. The van der Waals surface area contributed by atoms with Crippen LogP contribution in [0.5, 0.6) is 5.75 Å². The zero-order valence-corrected chi connectivity index (χ0v) is 9.70. The van der Waals surface area contributed by atoms with Crippen LogP contribution in [-0.2, 0) is 0 Å². The molecule has 1 aromatic carbocycles. The van der Waals surface area contributed by atoms with Gasteiger partial charge in [-0.05, 0) is 25.1 Å². The Balaban J connectivity index is 2.14. The molecule has 15 heavy (non-hydrogen) atoms. The van der Waals surface area contributed by atoms with Crippen molar-refractivity contribution in [2.45, 2.75) is 20.3 Å². The second-order valence-electron chi connectivity index (χ2n) is 3.93. The van der Waals surface area contributed by atoms with Crippen molar-refractivity contribution in [1.29, 1.82) is 0 Å². The van der Waals surface area contributed by atoms with E-state index in [1.165, 1.54) is 6.42 Å². The molecular weight excluding hydrogens is 186 g/mol. The highest BCUT2D eigenvalue weighted by atomic mass is 16.5. The first kappa shape index (κ1) is 12.1. The molecule has 0 bridgehead atoms. The minimum absolute atomic E-state index is 0.553. The van der Waals surface area contributed by atoms with Crippen LogP contribution in [0.3, 0.4) is 0 Å². The van der Waals surface area contributed by atoms with E-state index in [1.807, 2.05) is 30.3 Å². The summed E-state index contributed by atoms with van der Waals surface area (Å²) in [5.41, 5.74) is 0. The van der Waals surface area contributed by atoms with Crippen molar-refractivity contribution in [3.63, 3.8) is 0 Å². The predicted octanol–water partition coefficient (Wildman–Crippen LogP) is 2.70. The lowest BCUT2D eigenvalue weighted by molar-refractivity contribution is 0.256. The average molecular weight is 207 g/mol. The number of ether oxygens (including phenoxy) is 1. The van der Waals surface area contributed by atoms with Crippen molar-refractivity contribution in [2.75, 3.05) is 19.7 Å². The van der Waals surface area contributed by atoms with E-state index in [4.69, 9.17) is 4.74 Å². The van der Waals surface area contributed by atoms with Crippen LogP contribution < -0.4 is 10.1 Å². The van der Waals surface area contributed by atoms with E-state index in [0.717, 1.165) is 25.4 Å². The van der Waals surface area contributed by atoms with Crippen LogP contribution in [0.2, 0.25) is 0 Å². The van der Waals surface area contributed by atoms with Gasteiger partial charge in [-0.15, -0.1) is 0 Å². The Morgan fingerprint density at radius 1 is 1.27 bits per heavy atom. The van der Waals surface area contributed by atoms with Crippen LogP contribution in [0, 0.1) is 5.92 Å². The molecule has 0 radical (unpaired) electrons. The van der Waals surface area contributed by atoms with Crippen molar-refractivity contribution in [1.82, 2.24) is 5.32 Å². The summed E-state index contributed by atoms with van der Waals surface area (Å²) in [4.78, 5) is 0. The van der Waals surface area contributed by atoms with Gasteiger partial charge in [0.2, 0.25) is 0 Å². The van der Waals surface area contributed by atoms with Crippen LogP contribution in [-0.4, -0.2) is 19.7 Å². The number of rotatable bonds is 7. The zero-order chi connectivity index (χ0) is 10.9. The average Bonchev–Trinajstić information content (AvgIpc) is 2.28. The molecule has 84 valence electrons. The van der Waals surface area contributed by atoms with Crippen LogP contribution in [0.4, 0.5) is 0 Å². The molecule has 1 rings (SSSR count). The highest BCUT2D eigenvalue weighted by molar-refractivity contribution is 5.20. The fourth-order valence-electron chi connectivity index (χ4n) is 1.34. The van der Waals surface area contributed by atoms with Gasteiger partial charge in [-0.3, -0.25) is 0 Å². The largest absolute Gasteiger partial charge is 0.493 e. The van der Waals surface area contributed by atoms with Gasteiger partial charge >= 0.3 is 0 Å². The first-order valence-electron chi connectivity index (χ1n) is 5.71. The third-order valence-electron chi connectivity index (χ3n) is 2.20. The second-order valence-corrected chi connectivity index (χ2v) is 3.93. The van der Waals surface area contributed by atoms with Gasteiger partial charge in [0, 0.05) is 12.5 Å². The van der Waals surface area contributed by atoms with E-state index in [2.05, 4.69) is 19.2 Å². The lowest BCUT2D eigenvalue weighted by atomic mass is 10.2. The maximum atomic E-state index is 5.66. The first-order chi connectivity index (χ1) is 7.33. The molecule has 0 amide bonds. The summed E-state index contributed by atoms with van der Waals surface area (Å²) in [6.07, 6.45) is 1.19. The number of hydrogen-bond donors (Lipinski definition) is 1. The normalized spacial score (nSPS) is 12.4. The minimum Gasteiger partial charge on any atom is -0.493 e. The van der Waals surface area contributed by atoms with Crippen molar-refractivity contribution < 1.29 is 4.74 Å². The molecule has 0 aliphatic carbocycles. The van der Waals surface area contributed by atoms with Crippen molar-refractivity contribution in [3.8, 4) is 5.75 Å². The third-order valence-corrected chi connectivity index (χ3v) is 2.20. The van der Waals surface area contributed by atoms with Gasteiger partial charge in [0.05, 0.1) is 6.61 Å². The molecule has 1 aromatic rings. The summed E-state index contributed by atoms with van der Waals surface area (Å²) in [6, 6.07) is 9.97. The summed E-state index contributed by atoms with van der Waals surface area (Å²) < 4.78 is 5.66. The molecule has 1 N–H and O–H groups in total. The predicted molar refractivity (Wildman–Crippen MR) is 64.3 cm³/mol. The Morgan fingerprint density at radius 3 is 2.67 bits per heavy atom. The molecule has 1 atom stereocenters. The first-order valence-corrected chi connectivity index (χ1v) is 5.71. The van der Waals surface area contributed by atoms with Gasteiger partial charge in [0.1, 0.15) is 5.75 Å². The van der Waals surface area contributed by atoms with E-state index in [9.17, 15) is 0 Å². The van der Waals surface area contributed by atoms with Gasteiger partial charge in [-0.1, -0.05) is 32.0 Å². The zero-order valence-electron chi connectivity index (χ0n) is 9.70. The number of nitrogens with one attached hydrogen (secondary N) is 1. The summed E-state index contributed by atoms with van der Waals surface area (Å²) in [7, 11) is 0. The molecule has 2 heteroatoms. The maximum Gasteiger partial charge on any atom is 0.119 e. The molecular formula is C13H21NO. The summed E-state index contributed by atoms with van der Waals surface area (Å²) in [5.74, 6) is 1.51. The third kappa shape index (κ3) is 5.43. The van der Waals surface area contributed by atoms with Gasteiger partial charge in [-0.2, -0.15) is 0 Å². The quantitative estimate of drug-likeness (QED) is 0.694. The standard InChI is InChI=1S/C13H21NO/c1-3-9-14-10-12(2)11-15-13-7-5-4-6-8-13/h4-8,12,14H,3,9-11H2,1-2H3. The van der Waals surface area contributed by atoms with Crippen molar-refractivity contribution in [3.05, 3.63) is 30.3 Å². The van der Waals surface area contributed by atoms with Crippen LogP contribution >= 0.6 is 0 Å². The Labute approximate surface area is 92.6 Å². The smallest absolute Gasteiger partial charge is 0.119 e. The minimum atomic E-state index is 0.553. The van der Waals surface area contributed by atoms with Crippen LogP contribution in [0.25, 0.3) is 0 Å². The Morgan fingerprint density at radius 2 is 2.00 bits per heavy atom. The SMILES string of the molecule is CCCNCC(C)COc1ccccc1. The molecule has 0 aliphatic rings. The molecule has 0 aromatic heterocycles. The van der Waals surface area contributed by atoms with E-state index in [1.54, 1.807) is 0 Å². The molecule has 1 unspecified atom stereocenters. The lowest BCUT2D eigenvalue weighted by Crippen LogP contribution is -2.25. The van der Waals surface area contributed by atoms with E-state index < -0.39 is 0 Å². The highest BCUT2D eigenvalue weighted by Crippen LogP contribution is 2.09. The highest BCUT2D eigenvalue weighted by Gasteiger charge is 2.01. The molecule has 0 aliphatic heterocycles. The Bertz CT molecular complexity index is 248. The Kier molecular flexibility index (Phi) is 5.86. The fourth-order valence-corrected chi connectivity index (χ4v) is 1.34. The van der Waals surface area contributed by atoms with E-state index >= 15 is 0 Å². The number of benzene rings is 1. The summed E-state index contributed by atoms with van der Waals surface area (Å²) >= 11 is 0. The molecule has 0 spiro atoms. The van der Waals surface area contributed by atoms with Crippen LogP contribution in [0.15, 0.2) is 30.3 Å². The fraction of sp³-hybridized carbons (Fsp3) is 0.538. The number of para-hydroxylation sites is 1.